The largest absolute Gasteiger partial charge is 0.480 e. The van der Waals surface area contributed by atoms with Gasteiger partial charge < -0.3 is 14.8 Å². The summed E-state index contributed by atoms with van der Waals surface area (Å²) in [6, 6.07) is 13.3. The predicted octanol–water partition coefficient (Wildman–Crippen LogP) is 2.82. The Morgan fingerprint density at radius 2 is 1.84 bits per heavy atom. The van der Waals surface area contributed by atoms with Crippen LogP contribution >= 0.6 is 0 Å². The molecule has 0 unspecified atom stereocenters. The number of aliphatic carboxylic acids is 1. The molecule has 0 saturated carbocycles. The van der Waals surface area contributed by atoms with Gasteiger partial charge in [-0.25, -0.2) is 0 Å². The van der Waals surface area contributed by atoms with E-state index in [1.165, 1.54) is 6.07 Å². The Labute approximate surface area is 140 Å². The van der Waals surface area contributed by atoms with Crippen LogP contribution in [0.2, 0.25) is 0 Å². The average Bonchev–Trinajstić information content (AvgIpc) is 3.00. The molecular formula is C17H12N2O6. The Morgan fingerprint density at radius 1 is 1.12 bits per heavy atom. The van der Waals surface area contributed by atoms with E-state index >= 15 is 0 Å². The van der Waals surface area contributed by atoms with Gasteiger partial charge in [-0.15, -0.1) is 0 Å². The van der Waals surface area contributed by atoms with Gasteiger partial charge >= 0.3 is 11.9 Å². The van der Waals surface area contributed by atoms with Crippen molar-refractivity contribution in [2.75, 3.05) is 6.54 Å². The summed E-state index contributed by atoms with van der Waals surface area (Å²) in [5, 5.41) is 22.7. The van der Waals surface area contributed by atoms with Crippen LogP contribution in [0.25, 0.3) is 22.1 Å². The minimum Gasteiger partial charge on any atom is -0.480 e. The van der Waals surface area contributed by atoms with Crippen LogP contribution < -0.4 is 5.32 Å². The second kappa shape index (κ2) is 6.44. The van der Waals surface area contributed by atoms with Crippen molar-refractivity contribution in [1.82, 2.24) is 5.32 Å². The molecule has 0 aliphatic carbocycles. The number of para-hydroxylation sites is 1. The highest BCUT2D eigenvalue weighted by Crippen LogP contribution is 2.40. The summed E-state index contributed by atoms with van der Waals surface area (Å²) >= 11 is 0. The molecule has 0 radical (unpaired) electrons. The first kappa shape index (κ1) is 16.2. The molecule has 0 spiro atoms. The van der Waals surface area contributed by atoms with Crippen molar-refractivity contribution < 1.29 is 24.0 Å². The van der Waals surface area contributed by atoms with Crippen LogP contribution in [0.3, 0.4) is 0 Å². The molecule has 126 valence electrons. The van der Waals surface area contributed by atoms with E-state index in [2.05, 4.69) is 5.32 Å². The van der Waals surface area contributed by atoms with Crippen LogP contribution in [0, 0.1) is 10.1 Å². The lowest BCUT2D eigenvalue weighted by Crippen LogP contribution is -2.29. The SMILES string of the molecule is O=C(O)CNC(=O)c1cccc2c(-c3ccccc3)c([N+](=O)[O-])oc12. The van der Waals surface area contributed by atoms with Crippen LogP contribution in [0.4, 0.5) is 5.88 Å². The molecule has 0 aliphatic rings. The van der Waals surface area contributed by atoms with E-state index < -0.39 is 29.2 Å². The number of fused-ring (bicyclic) bond motifs is 1. The summed E-state index contributed by atoms with van der Waals surface area (Å²) in [5.74, 6) is -2.35. The van der Waals surface area contributed by atoms with Crippen molar-refractivity contribution in [3.8, 4) is 11.1 Å². The van der Waals surface area contributed by atoms with Crippen molar-refractivity contribution in [2.45, 2.75) is 0 Å². The first-order chi connectivity index (χ1) is 12.0. The Balaban J connectivity index is 2.19. The minimum absolute atomic E-state index is 0.0315. The molecule has 0 aliphatic heterocycles. The Hall–Kier alpha value is -3.68. The van der Waals surface area contributed by atoms with E-state index in [1.807, 2.05) is 0 Å². The molecule has 0 atom stereocenters. The first-order valence-corrected chi connectivity index (χ1v) is 7.24. The van der Waals surface area contributed by atoms with Gasteiger partial charge in [0.15, 0.2) is 5.58 Å². The maximum absolute atomic E-state index is 12.2. The molecule has 0 saturated heterocycles. The van der Waals surface area contributed by atoms with Crippen LogP contribution in [-0.4, -0.2) is 28.5 Å². The second-order valence-electron chi connectivity index (χ2n) is 5.16. The third kappa shape index (κ3) is 3.05. The molecule has 1 heterocycles. The van der Waals surface area contributed by atoms with Crippen molar-refractivity contribution >= 4 is 28.7 Å². The molecule has 0 bridgehead atoms. The van der Waals surface area contributed by atoms with Crippen molar-refractivity contribution in [1.29, 1.82) is 0 Å². The summed E-state index contributed by atoms with van der Waals surface area (Å²) in [6.07, 6.45) is 0. The normalized spacial score (nSPS) is 10.6. The summed E-state index contributed by atoms with van der Waals surface area (Å²) in [5.41, 5.74) is 0.921. The Bertz CT molecular complexity index is 977. The quantitative estimate of drug-likeness (QED) is 0.544. The van der Waals surface area contributed by atoms with E-state index in [9.17, 15) is 19.7 Å². The van der Waals surface area contributed by atoms with Gasteiger partial charge in [-0.3, -0.25) is 19.7 Å². The molecule has 3 rings (SSSR count). The number of furan rings is 1. The van der Waals surface area contributed by atoms with Gasteiger partial charge in [-0.1, -0.05) is 42.5 Å². The smallest absolute Gasteiger partial charge is 0.442 e. The molecule has 1 aromatic heterocycles. The number of rotatable bonds is 5. The zero-order valence-corrected chi connectivity index (χ0v) is 12.8. The Kier molecular flexibility index (Phi) is 4.17. The highest BCUT2D eigenvalue weighted by Gasteiger charge is 2.27. The van der Waals surface area contributed by atoms with Gasteiger partial charge in [0.05, 0.1) is 5.56 Å². The predicted molar refractivity (Wildman–Crippen MR) is 88.3 cm³/mol. The molecule has 2 aromatic carbocycles. The summed E-state index contributed by atoms with van der Waals surface area (Å²) in [6.45, 7) is -0.566. The number of amides is 1. The van der Waals surface area contributed by atoms with Crippen LogP contribution in [0.15, 0.2) is 52.9 Å². The topological polar surface area (TPSA) is 123 Å². The third-order valence-corrected chi connectivity index (χ3v) is 3.57. The van der Waals surface area contributed by atoms with Crippen molar-refractivity contribution in [3.05, 3.63) is 64.2 Å². The zero-order valence-electron chi connectivity index (χ0n) is 12.8. The average molecular weight is 340 g/mol. The lowest BCUT2D eigenvalue weighted by molar-refractivity contribution is -0.400. The fourth-order valence-electron chi connectivity index (χ4n) is 2.55. The molecule has 8 heteroatoms. The number of nitrogens with one attached hydrogen (secondary N) is 1. The van der Waals surface area contributed by atoms with Gasteiger partial charge in [-0.05, 0) is 11.6 Å². The number of carboxylic acids is 1. The van der Waals surface area contributed by atoms with Gasteiger partial charge in [0.2, 0.25) is 0 Å². The number of nitrogens with zero attached hydrogens (tertiary/aromatic N) is 1. The number of benzene rings is 2. The number of carbonyl (C=O) groups excluding carboxylic acids is 1. The standard InChI is InChI=1S/C17H12N2O6/c20-13(21)9-18-16(22)12-8-4-7-11-14(10-5-2-1-3-6-10)17(19(23)24)25-15(11)12/h1-8H,9H2,(H,18,22)(H,20,21). The maximum atomic E-state index is 12.2. The molecule has 8 nitrogen and oxygen atoms in total. The van der Waals surface area contributed by atoms with E-state index in [0.29, 0.717) is 10.9 Å². The highest BCUT2D eigenvalue weighted by molar-refractivity contribution is 6.10. The summed E-state index contributed by atoms with van der Waals surface area (Å²) < 4.78 is 5.37. The summed E-state index contributed by atoms with van der Waals surface area (Å²) in [7, 11) is 0. The monoisotopic (exact) mass is 340 g/mol. The minimum atomic E-state index is -1.20. The zero-order chi connectivity index (χ0) is 18.0. The lowest BCUT2D eigenvalue weighted by atomic mass is 10.0. The molecule has 1 amide bonds. The van der Waals surface area contributed by atoms with Gasteiger partial charge in [0.1, 0.15) is 17.0 Å². The second-order valence-corrected chi connectivity index (χ2v) is 5.16. The Morgan fingerprint density at radius 3 is 2.48 bits per heavy atom. The molecule has 25 heavy (non-hydrogen) atoms. The van der Waals surface area contributed by atoms with E-state index in [1.54, 1.807) is 42.5 Å². The van der Waals surface area contributed by atoms with Crippen molar-refractivity contribution in [2.24, 2.45) is 0 Å². The van der Waals surface area contributed by atoms with Gasteiger partial charge in [0.25, 0.3) is 5.91 Å². The van der Waals surface area contributed by atoms with E-state index in [-0.39, 0.29) is 16.7 Å². The number of carboxylic acid groups (broad SMARTS) is 1. The number of hydrogen-bond acceptors (Lipinski definition) is 5. The number of hydrogen-bond donors (Lipinski definition) is 2. The van der Waals surface area contributed by atoms with Crippen LogP contribution in [0.5, 0.6) is 0 Å². The molecule has 0 fully saturated rings. The lowest BCUT2D eigenvalue weighted by Gasteiger charge is -2.03. The van der Waals surface area contributed by atoms with Gasteiger partial charge in [-0.2, -0.15) is 0 Å². The first-order valence-electron chi connectivity index (χ1n) is 7.24. The summed E-state index contributed by atoms with van der Waals surface area (Å²) in [4.78, 5) is 33.5. The fraction of sp³-hybridized carbons (Fsp3) is 0.0588. The fourth-order valence-corrected chi connectivity index (χ4v) is 2.55. The maximum Gasteiger partial charge on any atom is 0.442 e. The number of carbonyl (C=O) groups is 2. The number of nitro groups is 1. The molecule has 3 aromatic rings. The highest BCUT2D eigenvalue weighted by atomic mass is 16.6. The van der Waals surface area contributed by atoms with Gasteiger partial charge in [0, 0.05) is 5.39 Å². The molecular weight excluding hydrogens is 328 g/mol. The van der Waals surface area contributed by atoms with E-state index in [4.69, 9.17) is 9.52 Å². The van der Waals surface area contributed by atoms with Crippen molar-refractivity contribution in [3.63, 3.8) is 0 Å². The third-order valence-electron chi connectivity index (χ3n) is 3.57. The molecule has 2 N–H and O–H groups in total. The van der Waals surface area contributed by atoms with Crippen LogP contribution in [0.1, 0.15) is 10.4 Å². The van der Waals surface area contributed by atoms with E-state index in [0.717, 1.165) is 0 Å². The van der Waals surface area contributed by atoms with Crippen LogP contribution in [-0.2, 0) is 4.79 Å².